The molecule has 4 heterocycles. The van der Waals surface area contributed by atoms with Gasteiger partial charge < -0.3 is 5.32 Å². The summed E-state index contributed by atoms with van der Waals surface area (Å²) in [4.78, 5) is 35.3. The van der Waals surface area contributed by atoms with Crippen LogP contribution in [0.2, 0.25) is 5.02 Å². The van der Waals surface area contributed by atoms with Gasteiger partial charge in [-0.1, -0.05) is 11.6 Å². The molecule has 0 unspecified atom stereocenters. The molecule has 2 aromatic carbocycles. The first-order valence-electron chi connectivity index (χ1n) is 12.7. The van der Waals surface area contributed by atoms with Crippen molar-refractivity contribution in [2.24, 2.45) is 14.1 Å². The Morgan fingerprint density at radius 1 is 0.884 bits per heavy atom. The maximum Gasteiger partial charge on any atom is 0.355 e. The third-order valence-electron chi connectivity index (χ3n) is 6.70. The van der Waals surface area contributed by atoms with Gasteiger partial charge in [-0.15, -0.1) is 0 Å². The number of aryl methyl sites for hydroxylation is 2. The average Bonchev–Trinajstić information content (AvgIpc) is 3.56. The summed E-state index contributed by atoms with van der Waals surface area (Å²) < 4.78 is 47.4. The molecule has 4 aromatic heterocycles. The van der Waals surface area contributed by atoms with Crippen molar-refractivity contribution < 1.29 is 13.2 Å². The molecule has 0 aliphatic heterocycles. The molecule has 15 heteroatoms. The lowest BCUT2D eigenvalue weighted by atomic mass is 10.1. The minimum Gasteiger partial charge on any atom is -0.324 e. The summed E-state index contributed by atoms with van der Waals surface area (Å²) in [5.41, 5.74) is 0.604. The molecule has 218 valence electrons. The largest absolute Gasteiger partial charge is 0.355 e. The summed E-state index contributed by atoms with van der Waals surface area (Å²) in [6.07, 6.45) is 6.71. The van der Waals surface area contributed by atoms with E-state index in [4.69, 9.17) is 11.6 Å². The molecule has 0 saturated heterocycles. The van der Waals surface area contributed by atoms with Gasteiger partial charge in [0.2, 0.25) is 5.95 Å². The Balaban J connectivity index is 1.45. The van der Waals surface area contributed by atoms with E-state index in [1.807, 2.05) is 0 Å². The summed E-state index contributed by atoms with van der Waals surface area (Å²) in [5, 5.41) is 12.2. The molecular weight excluding hydrogens is 587 g/mol. The third kappa shape index (κ3) is 5.51. The zero-order valence-corrected chi connectivity index (χ0v) is 23.3. The molecule has 0 aliphatic carbocycles. The van der Waals surface area contributed by atoms with Gasteiger partial charge in [-0.05, 0) is 35.9 Å². The summed E-state index contributed by atoms with van der Waals surface area (Å²) in [7, 11) is 3.50. The maximum atomic E-state index is 14.7. The number of nitrogens with one attached hydrogen (secondary N) is 1. The standard InChI is InChI=1S/C28H21ClF3N9O2/c1-38-12-18(10-34-38)15-3-4-33-19(5-15)14-41-27(42)36-26(35-25-7-17-11-39(2)37-24(17)8-20(25)29)40(28(41)43)13-16-6-22(31)23(32)9-21(16)30/h3-12H,13-14H2,1-2H3,(H,35,36,42). The SMILES string of the molecule is Cn1cc(-c2ccnc(Cn3c(=O)nc(Nc4cc5cn(C)nc5cc4Cl)n(Cc4cc(F)c(F)cc4F)c3=O)c2)cn1. The molecule has 11 nitrogen and oxygen atoms in total. The minimum absolute atomic E-state index is 0.201. The second-order valence-corrected chi connectivity index (χ2v) is 10.2. The first-order chi connectivity index (χ1) is 20.5. The van der Waals surface area contributed by atoms with Crippen LogP contribution in [0.5, 0.6) is 0 Å². The van der Waals surface area contributed by atoms with Crippen LogP contribution in [0.4, 0.5) is 24.8 Å². The molecule has 6 aromatic rings. The number of hydrogen-bond acceptors (Lipinski definition) is 7. The Kier molecular flexibility index (Phi) is 7.05. The van der Waals surface area contributed by atoms with E-state index in [0.717, 1.165) is 20.3 Å². The summed E-state index contributed by atoms with van der Waals surface area (Å²) >= 11 is 6.45. The molecule has 0 atom stereocenters. The highest BCUT2D eigenvalue weighted by atomic mass is 35.5. The highest BCUT2D eigenvalue weighted by Crippen LogP contribution is 2.29. The Morgan fingerprint density at radius 3 is 2.44 bits per heavy atom. The number of halogens is 4. The first kappa shape index (κ1) is 27.9. The zero-order chi connectivity index (χ0) is 30.4. The van der Waals surface area contributed by atoms with Gasteiger partial charge in [0.25, 0.3) is 0 Å². The van der Waals surface area contributed by atoms with Crippen molar-refractivity contribution in [1.82, 2.24) is 38.7 Å². The van der Waals surface area contributed by atoms with Crippen LogP contribution in [0.1, 0.15) is 11.3 Å². The van der Waals surface area contributed by atoms with E-state index in [0.29, 0.717) is 28.7 Å². The van der Waals surface area contributed by atoms with E-state index in [2.05, 4.69) is 25.5 Å². The average molecular weight is 608 g/mol. The first-order valence-corrected chi connectivity index (χ1v) is 13.1. The number of rotatable bonds is 7. The number of aromatic nitrogens is 8. The van der Waals surface area contributed by atoms with Crippen LogP contribution >= 0.6 is 11.6 Å². The lowest BCUT2D eigenvalue weighted by Gasteiger charge is -2.17. The van der Waals surface area contributed by atoms with Crippen molar-refractivity contribution in [2.45, 2.75) is 13.1 Å². The topological polar surface area (TPSA) is 117 Å². The molecule has 0 bridgehead atoms. The quantitative estimate of drug-likeness (QED) is 0.273. The molecule has 0 radical (unpaired) electrons. The second kappa shape index (κ2) is 10.9. The molecule has 1 N–H and O–H groups in total. The van der Waals surface area contributed by atoms with Gasteiger partial charge in [-0.25, -0.2) is 27.3 Å². The number of anilines is 2. The molecule has 0 fully saturated rings. The van der Waals surface area contributed by atoms with Gasteiger partial charge in [-0.2, -0.15) is 15.2 Å². The molecule has 6 rings (SSSR count). The van der Waals surface area contributed by atoms with E-state index < -0.39 is 35.4 Å². The molecule has 0 spiro atoms. The summed E-state index contributed by atoms with van der Waals surface area (Å²) in [6.45, 7) is -0.866. The number of benzene rings is 2. The molecule has 0 amide bonds. The van der Waals surface area contributed by atoms with Crippen LogP contribution in [0.15, 0.2) is 70.8 Å². The van der Waals surface area contributed by atoms with Crippen LogP contribution in [-0.2, 0) is 27.2 Å². The molecule has 43 heavy (non-hydrogen) atoms. The van der Waals surface area contributed by atoms with Crippen molar-refractivity contribution >= 4 is 34.1 Å². The maximum absolute atomic E-state index is 14.7. The zero-order valence-electron chi connectivity index (χ0n) is 22.6. The van der Waals surface area contributed by atoms with Crippen LogP contribution in [0, 0.1) is 17.5 Å². The Labute approximate surface area is 245 Å². The predicted octanol–water partition coefficient (Wildman–Crippen LogP) is 4.00. The van der Waals surface area contributed by atoms with Crippen molar-refractivity contribution in [1.29, 1.82) is 0 Å². The van der Waals surface area contributed by atoms with Gasteiger partial charge in [0, 0.05) is 55.3 Å². The van der Waals surface area contributed by atoms with E-state index >= 15 is 0 Å². The van der Waals surface area contributed by atoms with E-state index in [1.54, 1.807) is 66.3 Å². The number of hydrogen-bond donors (Lipinski definition) is 1. The van der Waals surface area contributed by atoms with Crippen LogP contribution in [-0.4, -0.2) is 38.7 Å². The summed E-state index contributed by atoms with van der Waals surface area (Å²) in [5.74, 6) is -4.07. The van der Waals surface area contributed by atoms with Gasteiger partial charge in [-0.3, -0.25) is 18.9 Å². The second-order valence-electron chi connectivity index (χ2n) is 9.79. The van der Waals surface area contributed by atoms with Gasteiger partial charge in [0.05, 0.1) is 41.2 Å². The van der Waals surface area contributed by atoms with Crippen LogP contribution in [0.25, 0.3) is 22.0 Å². The van der Waals surface area contributed by atoms with E-state index in [-0.39, 0.29) is 28.8 Å². The van der Waals surface area contributed by atoms with Crippen molar-refractivity contribution in [2.75, 3.05) is 5.32 Å². The summed E-state index contributed by atoms with van der Waals surface area (Å²) in [6, 6.07) is 7.69. The van der Waals surface area contributed by atoms with Gasteiger partial charge in [0.15, 0.2) is 11.6 Å². The van der Waals surface area contributed by atoms with Crippen molar-refractivity contribution in [3.63, 3.8) is 0 Å². The Hall–Kier alpha value is -5.24. The Morgan fingerprint density at radius 2 is 1.67 bits per heavy atom. The lowest BCUT2D eigenvalue weighted by Crippen LogP contribution is -2.43. The fraction of sp³-hybridized carbons (Fsp3) is 0.143. The minimum atomic E-state index is -1.38. The van der Waals surface area contributed by atoms with Gasteiger partial charge >= 0.3 is 11.4 Å². The monoisotopic (exact) mass is 607 g/mol. The Bertz CT molecular complexity index is 2150. The van der Waals surface area contributed by atoms with E-state index in [1.165, 1.54) is 6.20 Å². The van der Waals surface area contributed by atoms with Gasteiger partial charge in [0.1, 0.15) is 5.82 Å². The van der Waals surface area contributed by atoms with Crippen molar-refractivity contribution in [3.8, 4) is 11.1 Å². The molecule has 0 saturated carbocycles. The number of nitrogens with zero attached hydrogens (tertiary/aromatic N) is 8. The van der Waals surface area contributed by atoms with Crippen LogP contribution < -0.4 is 16.7 Å². The fourth-order valence-electron chi connectivity index (χ4n) is 4.62. The molecule has 0 aliphatic rings. The third-order valence-corrected chi connectivity index (χ3v) is 7.01. The molecular formula is C28H21ClF3N9O2. The number of fused-ring (bicyclic) bond motifs is 1. The smallest absolute Gasteiger partial charge is 0.324 e. The van der Waals surface area contributed by atoms with Crippen LogP contribution in [0.3, 0.4) is 0 Å². The normalized spacial score (nSPS) is 11.4. The lowest BCUT2D eigenvalue weighted by molar-refractivity contribution is 0.485. The highest BCUT2D eigenvalue weighted by Gasteiger charge is 2.19. The highest BCUT2D eigenvalue weighted by molar-refractivity contribution is 6.34. The van der Waals surface area contributed by atoms with E-state index in [9.17, 15) is 22.8 Å². The number of pyridine rings is 1. The fourth-order valence-corrected chi connectivity index (χ4v) is 4.83. The van der Waals surface area contributed by atoms with Crippen molar-refractivity contribution in [3.05, 3.63) is 116 Å². The predicted molar refractivity (Wildman–Crippen MR) is 153 cm³/mol.